The molecule has 0 spiro atoms. The zero-order valence-corrected chi connectivity index (χ0v) is 14.4. The number of nitrogens with zero attached hydrogens (tertiary/aromatic N) is 1. The zero-order valence-electron chi connectivity index (χ0n) is 13.6. The van der Waals surface area contributed by atoms with Crippen LogP contribution in [0.4, 0.5) is 14.5 Å². The molecule has 0 saturated carbocycles. The van der Waals surface area contributed by atoms with Crippen LogP contribution >= 0.6 is 0 Å². The molecule has 2 aromatic rings. The number of sulfone groups is 1. The number of carbonyl (C=O) groups is 1. The predicted octanol–water partition coefficient (Wildman–Crippen LogP) is 3.58. The zero-order chi connectivity index (χ0) is 18.2. The average molecular weight is 365 g/mol. The smallest absolute Gasteiger partial charge is 0.308 e. The maximum Gasteiger partial charge on any atom is 0.341 e. The summed E-state index contributed by atoms with van der Waals surface area (Å²) in [6, 6.07) is 10.5. The number of halogens is 2. The Labute approximate surface area is 145 Å². The van der Waals surface area contributed by atoms with Gasteiger partial charge in [-0.15, -0.1) is 0 Å². The summed E-state index contributed by atoms with van der Waals surface area (Å²) in [5, 5.41) is 0. The number of anilines is 1. The number of amides is 1. The SMILES string of the molecule is Cc1ccc2c(c1)CCCN2C(=O)c1ccc(S(=O)(=O)C(F)F)cc1. The highest BCUT2D eigenvalue weighted by atomic mass is 32.2. The first kappa shape index (κ1) is 17.5. The van der Waals surface area contributed by atoms with Gasteiger partial charge in [0.25, 0.3) is 5.91 Å². The molecule has 0 radical (unpaired) electrons. The number of fused-ring (bicyclic) bond motifs is 1. The molecule has 1 heterocycles. The van der Waals surface area contributed by atoms with Crippen molar-refractivity contribution in [1.29, 1.82) is 0 Å². The molecule has 3 rings (SSSR count). The van der Waals surface area contributed by atoms with Crippen molar-refractivity contribution in [3.8, 4) is 0 Å². The molecule has 25 heavy (non-hydrogen) atoms. The normalized spacial score (nSPS) is 14.5. The number of hydrogen-bond donors (Lipinski definition) is 0. The van der Waals surface area contributed by atoms with Crippen LogP contribution in [0.25, 0.3) is 0 Å². The number of aryl methyl sites for hydroxylation is 2. The highest BCUT2D eigenvalue weighted by Gasteiger charge is 2.28. The quantitative estimate of drug-likeness (QED) is 0.835. The van der Waals surface area contributed by atoms with E-state index in [1.54, 1.807) is 4.90 Å². The molecule has 1 aliphatic rings. The topological polar surface area (TPSA) is 54.5 Å². The first-order valence-corrected chi connectivity index (χ1v) is 9.39. The maximum absolute atomic E-state index is 12.8. The first-order valence-electron chi connectivity index (χ1n) is 7.84. The number of hydrogen-bond acceptors (Lipinski definition) is 3. The minimum absolute atomic E-state index is 0.265. The van der Waals surface area contributed by atoms with E-state index in [0.29, 0.717) is 6.54 Å². The number of alkyl halides is 2. The summed E-state index contributed by atoms with van der Waals surface area (Å²) in [5.41, 5.74) is 3.32. The Balaban J connectivity index is 1.90. The Morgan fingerprint density at radius 2 is 1.80 bits per heavy atom. The van der Waals surface area contributed by atoms with Crippen molar-refractivity contribution in [1.82, 2.24) is 0 Å². The molecule has 7 heteroatoms. The van der Waals surface area contributed by atoms with E-state index in [-0.39, 0.29) is 11.5 Å². The standard InChI is InChI=1S/C18H17F2NO3S/c1-12-4-9-16-14(11-12)3-2-10-21(16)17(22)13-5-7-15(8-6-13)25(23,24)18(19)20/h4-9,11,18H,2-3,10H2,1H3. The van der Waals surface area contributed by atoms with Crippen LogP contribution in [0.2, 0.25) is 0 Å². The van der Waals surface area contributed by atoms with Gasteiger partial charge < -0.3 is 4.90 Å². The van der Waals surface area contributed by atoms with Crippen molar-refractivity contribution < 1.29 is 22.0 Å². The molecule has 0 atom stereocenters. The van der Waals surface area contributed by atoms with Crippen molar-refractivity contribution >= 4 is 21.4 Å². The summed E-state index contributed by atoms with van der Waals surface area (Å²) in [6.45, 7) is 2.55. The lowest BCUT2D eigenvalue weighted by atomic mass is 9.99. The summed E-state index contributed by atoms with van der Waals surface area (Å²) in [5.74, 6) is -3.75. The van der Waals surface area contributed by atoms with Crippen LogP contribution < -0.4 is 4.90 Å². The van der Waals surface area contributed by atoms with Gasteiger partial charge in [-0.25, -0.2) is 8.42 Å². The van der Waals surface area contributed by atoms with E-state index in [4.69, 9.17) is 0 Å². The second kappa shape index (κ2) is 6.55. The summed E-state index contributed by atoms with van der Waals surface area (Å²) in [4.78, 5) is 13.9. The Morgan fingerprint density at radius 3 is 2.44 bits per heavy atom. The molecular formula is C18H17F2NO3S. The third kappa shape index (κ3) is 3.28. The van der Waals surface area contributed by atoms with Gasteiger partial charge in [0.2, 0.25) is 9.84 Å². The molecule has 0 aliphatic carbocycles. The molecular weight excluding hydrogens is 348 g/mol. The molecule has 0 fully saturated rings. The molecule has 2 aromatic carbocycles. The Bertz CT molecular complexity index is 908. The van der Waals surface area contributed by atoms with Crippen LogP contribution in [0.3, 0.4) is 0 Å². The summed E-state index contributed by atoms with van der Waals surface area (Å²) in [6.07, 6.45) is 1.73. The lowest BCUT2D eigenvalue weighted by Crippen LogP contribution is -2.35. The monoisotopic (exact) mass is 365 g/mol. The second-order valence-corrected chi connectivity index (χ2v) is 7.94. The number of benzene rings is 2. The van der Waals surface area contributed by atoms with Crippen LogP contribution in [0.15, 0.2) is 47.4 Å². The summed E-state index contributed by atoms with van der Waals surface area (Å²) < 4.78 is 48.1. The fourth-order valence-corrected chi connectivity index (χ4v) is 3.70. The predicted molar refractivity (Wildman–Crippen MR) is 90.8 cm³/mol. The van der Waals surface area contributed by atoms with E-state index in [0.717, 1.165) is 41.8 Å². The molecule has 0 aromatic heterocycles. The molecule has 0 saturated heterocycles. The Morgan fingerprint density at radius 1 is 1.12 bits per heavy atom. The molecule has 1 amide bonds. The molecule has 1 aliphatic heterocycles. The van der Waals surface area contributed by atoms with Crippen LogP contribution in [-0.2, 0) is 16.3 Å². The van der Waals surface area contributed by atoms with Gasteiger partial charge in [-0.05, 0) is 55.7 Å². The number of carbonyl (C=O) groups excluding carboxylic acids is 1. The second-order valence-electron chi connectivity index (χ2n) is 6.02. The third-order valence-electron chi connectivity index (χ3n) is 4.26. The minimum atomic E-state index is -4.66. The summed E-state index contributed by atoms with van der Waals surface area (Å²) >= 11 is 0. The lowest BCUT2D eigenvalue weighted by Gasteiger charge is -2.30. The lowest BCUT2D eigenvalue weighted by molar-refractivity contribution is 0.0985. The van der Waals surface area contributed by atoms with Gasteiger partial charge in [0.15, 0.2) is 0 Å². The van der Waals surface area contributed by atoms with Crippen LogP contribution in [-0.4, -0.2) is 26.6 Å². The van der Waals surface area contributed by atoms with Crippen LogP contribution in [0, 0.1) is 6.92 Å². The van der Waals surface area contributed by atoms with Gasteiger partial charge in [-0.3, -0.25) is 4.79 Å². The number of rotatable bonds is 3. The van der Waals surface area contributed by atoms with Gasteiger partial charge in [-0.2, -0.15) is 8.78 Å². The van der Waals surface area contributed by atoms with Crippen molar-refractivity contribution in [3.63, 3.8) is 0 Å². The fraction of sp³-hybridized carbons (Fsp3) is 0.278. The van der Waals surface area contributed by atoms with E-state index in [1.165, 1.54) is 12.1 Å². The van der Waals surface area contributed by atoms with Gasteiger partial charge in [0, 0.05) is 17.8 Å². The van der Waals surface area contributed by atoms with E-state index >= 15 is 0 Å². The van der Waals surface area contributed by atoms with Gasteiger partial charge >= 0.3 is 5.76 Å². The van der Waals surface area contributed by atoms with Crippen molar-refractivity contribution in [2.24, 2.45) is 0 Å². The van der Waals surface area contributed by atoms with E-state index in [9.17, 15) is 22.0 Å². The van der Waals surface area contributed by atoms with Gasteiger partial charge in [-0.1, -0.05) is 17.7 Å². The van der Waals surface area contributed by atoms with Crippen molar-refractivity contribution in [3.05, 3.63) is 59.2 Å². The molecule has 0 N–H and O–H groups in total. The highest BCUT2D eigenvalue weighted by molar-refractivity contribution is 7.91. The Hall–Kier alpha value is -2.28. The van der Waals surface area contributed by atoms with Crippen molar-refractivity contribution in [2.75, 3.05) is 11.4 Å². The van der Waals surface area contributed by atoms with Crippen LogP contribution in [0.1, 0.15) is 27.9 Å². The molecule has 4 nitrogen and oxygen atoms in total. The van der Waals surface area contributed by atoms with Crippen molar-refractivity contribution in [2.45, 2.75) is 30.4 Å². The third-order valence-corrected chi connectivity index (χ3v) is 5.66. The fourth-order valence-electron chi connectivity index (χ4n) is 2.98. The van der Waals surface area contributed by atoms with E-state index < -0.39 is 20.5 Å². The minimum Gasteiger partial charge on any atom is -0.308 e. The molecule has 0 bridgehead atoms. The Kier molecular flexibility index (Phi) is 4.60. The average Bonchev–Trinajstić information content (AvgIpc) is 2.60. The van der Waals surface area contributed by atoms with E-state index in [1.807, 2.05) is 25.1 Å². The van der Waals surface area contributed by atoms with Gasteiger partial charge in [0.05, 0.1) is 4.90 Å². The highest BCUT2D eigenvalue weighted by Crippen LogP contribution is 2.29. The van der Waals surface area contributed by atoms with Gasteiger partial charge in [0.1, 0.15) is 0 Å². The van der Waals surface area contributed by atoms with E-state index in [2.05, 4.69) is 0 Å². The largest absolute Gasteiger partial charge is 0.341 e. The first-order chi connectivity index (χ1) is 11.8. The molecule has 132 valence electrons. The van der Waals surface area contributed by atoms with Crippen LogP contribution in [0.5, 0.6) is 0 Å². The summed E-state index contributed by atoms with van der Waals surface area (Å²) in [7, 11) is -4.66. The molecule has 0 unspecified atom stereocenters. The maximum atomic E-state index is 12.8.